The first-order valence-electron chi connectivity index (χ1n) is 10.4. The fourth-order valence-corrected chi connectivity index (χ4v) is 5.74. The average Bonchev–Trinajstić information content (AvgIpc) is 3.54. The van der Waals surface area contributed by atoms with Crippen LogP contribution in [0.3, 0.4) is 0 Å². The van der Waals surface area contributed by atoms with Gasteiger partial charge in [0.15, 0.2) is 6.61 Å². The van der Waals surface area contributed by atoms with Crippen LogP contribution >= 0.6 is 11.3 Å². The summed E-state index contributed by atoms with van der Waals surface area (Å²) in [4.78, 5) is 17.1. The number of sulfonamides is 1. The first-order chi connectivity index (χ1) is 16.4. The number of aromatic nitrogens is 2. The van der Waals surface area contributed by atoms with E-state index in [1.807, 2.05) is 48.1 Å². The van der Waals surface area contributed by atoms with Crippen LogP contribution in [0, 0.1) is 0 Å². The van der Waals surface area contributed by atoms with Crippen LogP contribution in [0.2, 0.25) is 0 Å². The van der Waals surface area contributed by atoms with Gasteiger partial charge in [-0.1, -0.05) is 36.4 Å². The van der Waals surface area contributed by atoms with E-state index in [2.05, 4.69) is 10.3 Å². The van der Waals surface area contributed by atoms with Gasteiger partial charge in [0.1, 0.15) is 21.8 Å². The number of benzene rings is 2. The average molecular weight is 497 g/mol. The Balaban J connectivity index is 1.40. The van der Waals surface area contributed by atoms with Gasteiger partial charge in [0.25, 0.3) is 15.9 Å². The molecule has 4 aromatic rings. The molecule has 1 atom stereocenters. The summed E-state index contributed by atoms with van der Waals surface area (Å²) in [6.45, 7) is -0.198. The molecule has 0 saturated carbocycles. The lowest BCUT2D eigenvalue weighted by molar-refractivity contribution is -0.123. The summed E-state index contributed by atoms with van der Waals surface area (Å²) in [6, 6.07) is 19.0. The van der Waals surface area contributed by atoms with Crippen molar-refractivity contribution in [1.82, 2.24) is 14.9 Å². The van der Waals surface area contributed by atoms with Crippen LogP contribution in [-0.4, -0.2) is 37.5 Å². The summed E-state index contributed by atoms with van der Waals surface area (Å²) in [5.41, 5.74) is 1.40. The second kappa shape index (κ2) is 10.1. The highest BCUT2D eigenvalue weighted by Crippen LogP contribution is 2.26. The number of amides is 1. The molecule has 2 aromatic heterocycles. The van der Waals surface area contributed by atoms with Crippen molar-refractivity contribution >= 4 is 33.0 Å². The third-order valence-electron chi connectivity index (χ3n) is 5.23. The second-order valence-corrected chi connectivity index (χ2v) is 10.6. The maximum absolute atomic E-state index is 12.7. The number of ether oxygens (including phenoxy) is 1. The van der Waals surface area contributed by atoms with Crippen LogP contribution in [0.1, 0.15) is 17.4 Å². The summed E-state index contributed by atoms with van der Waals surface area (Å²) in [7, 11) is -0.240. The molecule has 0 aliphatic carbocycles. The van der Waals surface area contributed by atoms with E-state index in [-0.39, 0.29) is 16.7 Å². The van der Waals surface area contributed by atoms with Crippen LogP contribution in [0.25, 0.3) is 0 Å². The van der Waals surface area contributed by atoms with Crippen LogP contribution in [0.4, 0.5) is 5.69 Å². The SMILES string of the molecule is CN(c1ccc(OCC(=O)NC(c2ccccc2)c2nccn2C)cc1)S(=O)(=O)c1cccs1. The molecule has 0 saturated heterocycles. The van der Waals surface area contributed by atoms with Gasteiger partial charge in [-0.2, -0.15) is 0 Å². The Bertz CT molecular complexity index is 1340. The van der Waals surface area contributed by atoms with Gasteiger partial charge < -0.3 is 14.6 Å². The monoisotopic (exact) mass is 496 g/mol. The zero-order chi connectivity index (χ0) is 24.1. The number of nitrogens with zero attached hydrogens (tertiary/aromatic N) is 3. The predicted molar refractivity (Wildman–Crippen MR) is 131 cm³/mol. The number of hydrogen-bond acceptors (Lipinski definition) is 6. The highest BCUT2D eigenvalue weighted by molar-refractivity contribution is 7.94. The molecular formula is C24H24N4O4S2. The van der Waals surface area contributed by atoms with E-state index in [4.69, 9.17) is 4.74 Å². The minimum atomic E-state index is -3.61. The van der Waals surface area contributed by atoms with Crippen molar-refractivity contribution in [1.29, 1.82) is 0 Å². The summed E-state index contributed by atoms with van der Waals surface area (Å²) in [6.07, 6.45) is 3.51. The fourth-order valence-electron chi connectivity index (χ4n) is 3.39. The Morgan fingerprint density at radius 3 is 2.47 bits per heavy atom. The Morgan fingerprint density at radius 2 is 1.85 bits per heavy atom. The number of imidazole rings is 1. The molecular weight excluding hydrogens is 472 g/mol. The first kappa shape index (κ1) is 23.5. The summed E-state index contributed by atoms with van der Waals surface area (Å²) < 4.78 is 34.3. The minimum Gasteiger partial charge on any atom is -0.484 e. The van der Waals surface area contributed by atoms with E-state index in [1.165, 1.54) is 22.7 Å². The third-order valence-corrected chi connectivity index (χ3v) is 8.39. The standard InChI is InChI=1S/C24H24N4O4S2/c1-27-15-14-25-24(27)23(18-7-4-3-5-8-18)26-21(29)17-32-20-12-10-19(11-13-20)28(2)34(30,31)22-9-6-16-33-22/h3-16,23H,17H2,1-2H3,(H,26,29). The van der Waals surface area contributed by atoms with Crippen LogP contribution < -0.4 is 14.4 Å². The van der Waals surface area contributed by atoms with Crippen molar-refractivity contribution in [3.05, 3.63) is 95.9 Å². The Kier molecular flexibility index (Phi) is 6.99. The molecule has 1 N–H and O–H groups in total. The molecule has 10 heteroatoms. The molecule has 2 heterocycles. The molecule has 4 rings (SSSR count). The van der Waals surface area contributed by atoms with Crippen molar-refractivity contribution in [2.24, 2.45) is 7.05 Å². The predicted octanol–water partition coefficient (Wildman–Crippen LogP) is 3.59. The molecule has 0 aliphatic rings. The number of thiophene rings is 1. The Hall–Kier alpha value is -3.63. The van der Waals surface area contributed by atoms with Crippen LogP contribution in [0.5, 0.6) is 5.75 Å². The molecule has 0 spiro atoms. The quantitative estimate of drug-likeness (QED) is 0.382. The van der Waals surface area contributed by atoms with Crippen LogP contribution in [0.15, 0.2) is 88.7 Å². The van der Waals surface area contributed by atoms with E-state index in [0.29, 0.717) is 17.3 Å². The van der Waals surface area contributed by atoms with E-state index < -0.39 is 16.1 Å². The zero-order valence-corrected chi connectivity index (χ0v) is 20.3. The van der Waals surface area contributed by atoms with E-state index >= 15 is 0 Å². The fraction of sp³-hybridized carbons (Fsp3) is 0.167. The maximum atomic E-state index is 12.7. The highest BCUT2D eigenvalue weighted by atomic mass is 32.2. The lowest BCUT2D eigenvalue weighted by Crippen LogP contribution is -2.34. The van der Waals surface area contributed by atoms with Crippen molar-refractivity contribution in [3.63, 3.8) is 0 Å². The van der Waals surface area contributed by atoms with Crippen molar-refractivity contribution in [3.8, 4) is 5.75 Å². The Labute approximate surface area is 202 Å². The number of hydrogen-bond donors (Lipinski definition) is 1. The number of anilines is 1. The Morgan fingerprint density at radius 1 is 1.12 bits per heavy atom. The van der Waals surface area contributed by atoms with E-state index in [1.54, 1.807) is 48.0 Å². The van der Waals surface area contributed by atoms with Gasteiger partial charge in [-0.3, -0.25) is 9.10 Å². The minimum absolute atomic E-state index is 0.198. The zero-order valence-electron chi connectivity index (χ0n) is 18.7. The topological polar surface area (TPSA) is 93.5 Å². The smallest absolute Gasteiger partial charge is 0.273 e. The van der Waals surface area contributed by atoms with Gasteiger partial charge in [0, 0.05) is 26.5 Å². The molecule has 1 amide bonds. The van der Waals surface area contributed by atoms with Crippen molar-refractivity contribution in [2.75, 3.05) is 18.0 Å². The van der Waals surface area contributed by atoms with E-state index in [0.717, 1.165) is 5.56 Å². The molecule has 0 aliphatic heterocycles. The lowest BCUT2D eigenvalue weighted by atomic mass is 10.1. The van der Waals surface area contributed by atoms with Gasteiger partial charge in [0.05, 0.1) is 5.69 Å². The number of aryl methyl sites for hydroxylation is 1. The van der Waals surface area contributed by atoms with E-state index in [9.17, 15) is 13.2 Å². The van der Waals surface area contributed by atoms with Gasteiger partial charge in [0.2, 0.25) is 0 Å². The first-order valence-corrected chi connectivity index (χ1v) is 12.7. The molecule has 8 nitrogen and oxygen atoms in total. The molecule has 0 radical (unpaired) electrons. The van der Waals surface area contributed by atoms with Crippen LogP contribution in [-0.2, 0) is 21.9 Å². The summed E-state index contributed by atoms with van der Waals surface area (Å²) >= 11 is 1.17. The molecule has 1 unspecified atom stereocenters. The van der Waals surface area contributed by atoms with Gasteiger partial charge >= 0.3 is 0 Å². The summed E-state index contributed by atoms with van der Waals surface area (Å²) in [5.74, 6) is 0.853. The number of rotatable bonds is 9. The third kappa shape index (κ3) is 5.13. The lowest BCUT2D eigenvalue weighted by Gasteiger charge is -2.20. The highest BCUT2D eigenvalue weighted by Gasteiger charge is 2.23. The van der Waals surface area contributed by atoms with Gasteiger partial charge in [-0.25, -0.2) is 13.4 Å². The number of nitrogens with one attached hydrogen (secondary N) is 1. The number of carbonyl (C=O) groups excluding carboxylic acids is 1. The van der Waals surface area contributed by atoms with Gasteiger partial charge in [-0.05, 0) is 41.3 Å². The van der Waals surface area contributed by atoms with Crippen molar-refractivity contribution < 1.29 is 17.9 Å². The molecule has 2 aromatic carbocycles. The summed E-state index contributed by atoms with van der Waals surface area (Å²) in [5, 5.41) is 4.70. The number of carbonyl (C=O) groups is 1. The maximum Gasteiger partial charge on any atom is 0.273 e. The second-order valence-electron chi connectivity index (χ2n) is 7.49. The normalized spacial score (nSPS) is 12.2. The largest absolute Gasteiger partial charge is 0.484 e. The molecule has 0 fully saturated rings. The molecule has 34 heavy (non-hydrogen) atoms. The molecule has 0 bridgehead atoms. The van der Waals surface area contributed by atoms with Gasteiger partial charge in [-0.15, -0.1) is 11.3 Å². The molecule has 176 valence electrons. The van der Waals surface area contributed by atoms with Crippen molar-refractivity contribution in [2.45, 2.75) is 10.3 Å².